The summed E-state index contributed by atoms with van der Waals surface area (Å²) in [4.78, 5) is 49.2. The maximum Gasteiger partial charge on any atom is 0.324 e. The Bertz CT molecular complexity index is 1570. The molecule has 2 fully saturated rings. The highest BCUT2D eigenvalue weighted by Gasteiger charge is 2.42. The van der Waals surface area contributed by atoms with Gasteiger partial charge in [-0.2, -0.15) is 0 Å². The van der Waals surface area contributed by atoms with E-state index < -0.39 is 11.6 Å². The van der Waals surface area contributed by atoms with E-state index in [1.807, 2.05) is 43.3 Å². The van der Waals surface area contributed by atoms with Crippen molar-refractivity contribution >= 4 is 39.9 Å². The Morgan fingerprint density at radius 2 is 1.80 bits per heavy atom. The Kier molecular flexibility index (Phi) is 10.0. The molecule has 2 aliphatic heterocycles. The Labute approximate surface area is 275 Å². The molecule has 3 aromatic rings. The minimum absolute atomic E-state index is 0.203. The van der Waals surface area contributed by atoms with Crippen molar-refractivity contribution in [1.82, 2.24) is 20.1 Å². The number of nitrogens with one attached hydrogen (secondary N) is 3. The average Bonchev–Trinajstić information content (AvgIpc) is 3.44. The van der Waals surface area contributed by atoms with Crippen molar-refractivity contribution in [3.8, 4) is 17.0 Å². The number of aryl methyl sites for hydroxylation is 1. The number of carbonyl (C=O) groups excluding carboxylic acids is 3. The second-order valence-electron chi connectivity index (χ2n) is 13.6. The molecule has 0 unspecified atom stereocenters. The number of rotatable bonds is 8. The van der Waals surface area contributed by atoms with Gasteiger partial charge in [0, 0.05) is 48.0 Å². The zero-order valence-electron chi connectivity index (χ0n) is 27.8. The van der Waals surface area contributed by atoms with Gasteiger partial charge < -0.3 is 20.3 Å². The van der Waals surface area contributed by atoms with Gasteiger partial charge in [0.15, 0.2) is 0 Å². The summed E-state index contributed by atoms with van der Waals surface area (Å²) >= 11 is 1.37. The highest BCUT2D eigenvalue weighted by molar-refractivity contribution is 7.16. The third-order valence-corrected chi connectivity index (χ3v) is 10.2. The predicted octanol–water partition coefficient (Wildman–Crippen LogP) is 6.28. The monoisotopic (exact) mass is 646 g/mol. The summed E-state index contributed by atoms with van der Waals surface area (Å²) in [6.07, 6.45) is 5.62. The number of hydrogen-bond acceptors (Lipinski definition) is 7. The maximum absolute atomic E-state index is 13.8. The molecule has 2 aromatic heterocycles. The van der Waals surface area contributed by atoms with Crippen molar-refractivity contribution in [2.24, 2.45) is 0 Å². The Morgan fingerprint density at radius 1 is 1.04 bits per heavy atom. The molecular formula is C35H46N6O4S. The molecule has 0 spiro atoms. The summed E-state index contributed by atoms with van der Waals surface area (Å²) in [5.74, 6) is 0.105. The van der Waals surface area contributed by atoms with Crippen molar-refractivity contribution in [3.05, 3.63) is 58.6 Å². The molecule has 4 amide bonds. The molecule has 3 N–H and O–H groups in total. The number of urea groups is 1. The number of piperidine rings is 1. The third-order valence-electron chi connectivity index (χ3n) is 8.67. The first-order valence-corrected chi connectivity index (χ1v) is 16.9. The Hall–Kier alpha value is -3.96. The van der Waals surface area contributed by atoms with Gasteiger partial charge >= 0.3 is 6.03 Å². The van der Waals surface area contributed by atoms with Gasteiger partial charge in [0.25, 0.3) is 5.91 Å². The summed E-state index contributed by atoms with van der Waals surface area (Å²) in [7, 11) is 0. The van der Waals surface area contributed by atoms with Crippen LogP contribution in [-0.2, 0) is 10.2 Å². The molecular weight excluding hydrogens is 600 g/mol. The van der Waals surface area contributed by atoms with Gasteiger partial charge in [-0.1, -0.05) is 33.3 Å². The zero-order chi connectivity index (χ0) is 33.1. The molecule has 10 nitrogen and oxygen atoms in total. The highest BCUT2D eigenvalue weighted by atomic mass is 32.1. The number of nitrogens with zero attached hydrogens (tertiary/aromatic N) is 3. The van der Waals surface area contributed by atoms with Gasteiger partial charge in [-0.25, -0.2) is 9.78 Å². The van der Waals surface area contributed by atoms with E-state index in [9.17, 15) is 14.4 Å². The number of hydrogen-bond donors (Lipinski definition) is 3. The number of amides is 4. The number of pyridine rings is 1. The van der Waals surface area contributed by atoms with Crippen LogP contribution in [0.25, 0.3) is 11.1 Å². The van der Waals surface area contributed by atoms with Gasteiger partial charge in [0.1, 0.15) is 17.1 Å². The fourth-order valence-corrected chi connectivity index (χ4v) is 6.88. The molecule has 46 heavy (non-hydrogen) atoms. The van der Waals surface area contributed by atoms with Gasteiger partial charge in [-0.3, -0.25) is 19.8 Å². The summed E-state index contributed by atoms with van der Waals surface area (Å²) in [5.41, 5.74) is 2.63. The standard InChI is InChI=1S/C35H46N6O4S/c1-23-10-12-25(20-26(23)24-11-13-29(37-22-24)45-19-18-40-15-8-7-9-16-40)38-33(44)39-30-27(21-28(46-30)34(2,3)4)31(42)41-17-14-36-32(43)35(41,5)6/h10-13,20-22H,7-9,14-19H2,1-6H3,(H,36,43)(H2,38,39,44). The van der Waals surface area contributed by atoms with E-state index in [4.69, 9.17) is 4.74 Å². The predicted molar refractivity (Wildman–Crippen MR) is 184 cm³/mol. The summed E-state index contributed by atoms with van der Waals surface area (Å²) < 4.78 is 5.90. The maximum atomic E-state index is 13.8. The van der Waals surface area contributed by atoms with Crippen LogP contribution in [0.3, 0.4) is 0 Å². The van der Waals surface area contributed by atoms with Crippen LogP contribution in [0.4, 0.5) is 15.5 Å². The first-order chi connectivity index (χ1) is 21.8. The van der Waals surface area contributed by atoms with Gasteiger partial charge in [0.2, 0.25) is 11.8 Å². The number of likely N-dealkylation sites (tertiary alicyclic amines) is 1. The lowest BCUT2D eigenvalue weighted by atomic mass is 9.93. The van der Waals surface area contributed by atoms with E-state index in [0.717, 1.165) is 41.2 Å². The second kappa shape index (κ2) is 13.8. The molecule has 246 valence electrons. The summed E-state index contributed by atoms with van der Waals surface area (Å²) in [6.45, 7) is 16.2. The topological polar surface area (TPSA) is 116 Å². The van der Waals surface area contributed by atoms with Crippen LogP contribution < -0.4 is 20.7 Å². The average molecular weight is 647 g/mol. The highest BCUT2D eigenvalue weighted by Crippen LogP contribution is 2.38. The molecule has 2 aliphatic rings. The third kappa shape index (κ3) is 7.70. The smallest absolute Gasteiger partial charge is 0.324 e. The zero-order valence-corrected chi connectivity index (χ0v) is 28.6. The molecule has 4 heterocycles. The molecule has 0 radical (unpaired) electrons. The van der Waals surface area contributed by atoms with Crippen LogP contribution in [0.15, 0.2) is 42.6 Å². The molecule has 5 rings (SSSR count). The van der Waals surface area contributed by atoms with E-state index in [-0.39, 0.29) is 17.2 Å². The van der Waals surface area contributed by atoms with Crippen molar-refractivity contribution in [2.75, 3.05) is 50.0 Å². The lowest BCUT2D eigenvalue weighted by molar-refractivity contribution is -0.133. The van der Waals surface area contributed by atoms with Crippen LogP contribution in [0.1, 0.15) is 74.7 Å². The van der Waals surface area contributed by atoms with Crippen LogP contribution in [-0.4, -0.2) is 77.5 Å². The fourth-order valence-electron chi connectivity index (χ4n) is 5.78. The minimum Gasteiger partial charge on any atom is -0.476 e. The quantitative estimate of drug-likeness (QED) is 0.266. The summed E-state index contributed by atoms with van der Waals surface area (Å²) in [5, 5.41) is 9.13. The second-order valence-corrected chi connectivity index (χ2v) is 14.7. The number of carbonyl (C=O) groups is 3. The number of benzene rings is 1. The van der Waals surface area contributed by atoms with E-state index in [0.29, 0.717) is 41.8 Å². The molecule has 1 aromatic carbocycles. The minimum atomic E-state index is -1.01. The number of piperazine rings is 1. The summed E-state index contributed by atoms with van der Waals surface area (Å²) in [6, 6.07) is 11.0. The largest absolute Gasteiger partial charge is 0.476 e. The van der Waals surface area contributed by atoms with Crippen LogP contribution in [0, 0.1) is 6.92 Å². The van der Waals surface area contributed by atoms with Gasteiger partial charge in [-0.15, -0.1) is 11.3 Å². The lowest BCUT2D eigenvalue weighted by Crippen LogP contribution is -2.63. The van der Waals surface area contributed by atoms with E-state index in [1.165, 1.54) is 30.6 Å². The van der Waals surface area contributed by atoms with Crippen molar-refractivity contribution in [1.29, 1.82) is 0 Å². The van der Waals surface area contributed by atoms with E-state index in [2.05, 4.69) is 46.6 Å². The number of ether oxygens (including phenoxy) is 1. The fraction of sp³-hybridized carbons (Fsp3) is 0.486. The van der Waals surface area contributed by atoms with Crippen LogP contribution in [0.2, 0.25) is 0 Å². The molecule has 0 saturated carbocycles. The van der Waals surface area contributed by atoms with Crippen molar-refractivity contribution in [3.63, 3.8) is 0 Å². The molecule has 2 saturated heterocycles. The van der Waals surface area contributed by atoms with Crippen molar-refractivity contribution in [2.45, 2.75) is 71.8 Å². The molecule has 11 heteroatoms. The first-order valence-electron chi connectivity index (χ1n) is 16.1. The Morgan fingerprint density at radius 3 is 2.50 bits per heavy atom. The first kappa shape index (κ1) is 33.4. The normalized spacial score (nSPS) is 16.9. The lowest BCUT2D eigenvalue weighted by Gasteiger charge is -2.41. The van der Waals surface area contributed by atoms with Gasteiger partial charge in [0.05, 0.1) is 5.56 Å². The number of thiophene rings is 1. The van der Waals surface area contributed by atoms with Gasteiger partial charge in [-0.05, 0) is 87.5 Å². The number of anilines is 2. The number of aromatic nitrogens is 1. The SMILES string of the molecule is Cc1ccc(NC(=O)Nc2sc(C(C)(C)C)cc2C(=O)N2CCNC(=O)C2(C)C)cc1-c1ccc(OCCN2CCCCC2)nc1. The van der Waals surface area contributed by atoms with Crippen LogP contribution in [0.5, 0.6) is 5.88 Å². The van der Waals surface area contributed by atoms with E-state index >= 15 is 0 Å². The van der Waals surface area contributed by atoms with Crippen LogP contribution >= 0.6 is 11.3 Å². The molecule has 0 bridgehead atoms. The Balaban J connectivity index is 1.28. The molecule has 0 atom stereocenters. The van der Waals surface area contributed by atoms with E-state index in [1.54, 1.807) is 24.9 Å². The molecule has 0 aliphatic carbocycles. The van der Waals surface area contributed by atoms with Crippen molar-refractivity contribution < 1.29 is 19.1 Å².